The molecule has 0 spiro atoms. The zero-order valence-corrected chi connectivity index (χ0v) is 9.49. The Hall–Kier alpha value is -1.96. The number of allylic oxidation sites excluding steroid dienone is 4. The molecule has 2 nitrogen and oxygen atoms in total. The molecule has 0 fully saturated rings. The van der Waals surface area contributed by atoms with Gasteiger partial charge in [-0.05, 0) is 37.1 Å². The number of benzene rings is 1. The molecule has 1 aromatic carbocycles. The second-order valence-corrected chi connectivity index (χ2v) is 3.87. The van der Waals surface area contributed by atoms with E-state index in [0.717, 1.165) is 22.5 Å². The van der Waals surface area contributed by atoms with Crippen molar-refractivity contribution in [2.75, 3.05) is 0 Å². The number of hydrogen-bond acceptors (Lipinski definition) is 2. The average molecular weight is 210 g/mol. The summed E-state index contributed by atoms with van der Waals surface area (Å²) in [7, 11) is 0. The summed E-state index contributed by atoms with van der Waals surface area (Å²) in [4.78, 5) is 4.51. The van der Waals surface area contributed by atoms with Crippen LogP contribution in [0.4, 0.5) is 5.69 Å². The van der Waals surface area contributed by atoms with Crippen molar-refractivity contribution in [2.24, 2.45) is 4.99 Å². The highest BCUT2D eigenvalue weighted by atomic mass is 14.8. The molecule has 0 bridgehead atoms. The quantitative estimate of drug-likeness (QED) is 0.687. The number of nitrogens with one attached hydrogen (secondary N) is 1. The molecule has 0 amide bonds. The van der Waals surface area contributed by atoms with Gasteiger partial charge in [-0.15, -0.1) is 0 Å². The van der Waals surface area contributed by atoms with Crippen LogP contribution in [0.5, 0.6) is 0 Å². The third kappa shape index (κ3) is 2.01. The highest BCUT2D eigenvalue weighted by Crippen LogP contribution is 2.19. The predicted octanol–water partition coefficient (Wildman–Crippen LogP) is 3.60. The van der Waals surface area contributed by atoms with E-state index in [1.54, 1.807) is 0 Å². The number of nitrogens with zero attached hydrogens (tertiary/aromatic N) is 1. The minimum absolute atomic E-state index is 0.505. The Morgan fingerprint density at radius 1 is 1.12 bits per heavy atom. The van der Waals surface area contributed by atoms with Crippen molar-refractivity contribution in [3.8, 4) is 0 Å². The Bertz CT molecular complexity index is 519. The van der Waals surface area contributed by atoms with Crippen LogP contribution >= 0.6 is 0 Å². The zero-order chi connectivity index (χ0) is 11.5. The van der Waals surface area contributed by atoms with Crippen molar-refractivity contribution in [3.05, 3.63) is 53.6 Å². The molecule has 2 rings (SSSR count). The van der Waals surface area contributed by atoms with Crippen LogP contribution in [0.2, 0.25) is 0 Å². The first-order valence-corrected chi connectivity index (χ1v) is 5.27. The Kier molecular flexibility index (Phi) is 2.82. The van der Waals surface area contributed by atoms with Gasteiger partial charge in [0.1, 0.15) is 0 Å². The van der Waals surface area contributed by atoms with Crippen molar-refractivity contribution in [3.63, 3.8) is 0 Å². The van der Waals surface area contributed by atoms with Crippen LogP contribution in [0, 0.1) is 12.3 Å². The fourth-order valence-electron chi connectivity index (χ4n) is 1.56. The van der Waals surface area contributed by atoms with Gasteiger partial charge in [0.05, 0.1) is 17.1 Å². The molecule has 0 saturated heterocycles. The highest BCUT2D eigenvalue weighted by Gasteiger charge is 2.09. The SMILES string of the molecule is CC1=CC=CC(=Nc2ccccc2C)C1=N. The minimum atomic E-state index is 0.505. The molecule has 0 aliphatic heterocycles. The van der Waals surface area contributed by atoms with Crippen molar-refractivity contribution in [2.45, 2.75) is 13.8 Å². The normalized spacial score (nSPS) is 17.8. The summed E-state index contributed by atoms with van der Waals surface area (Å²) in [6, 6.07) is 7.95. The van der Waals surface area contributed by atoms with Gasteiger partial charge in [-0.3, -0.25) is 5.41 Å². The number of para-hydroxylation sites is 1. The average Bonchev–Trinajstić information content (AvgIpc) is 2.28. The van der Waals surface area contributed by atoms with Crippen LogP contribution in [0.3, 0.4) is 0 Å². The largest absolute Gasteiger partial charge is 0.298 e. The van der Waals surface area contributed by atoms with Crippen LogP contribution in [-0.2, 0) is 0 Å². The van der Waals surface area contributed by atoms with Crippen molar-refractivity contribution in [1.82, 2.24) is 0 Å². The molecule has 2 heteroatoms. The maximum Gasteiger partial charge on any atom is 0.0889 e. The van der Waals surface area contributed by atoms with Gasteiger partial charge in [-0.25, -0.2) is 4.99 Å². The molecule has 1 N–H and O–H groups in total. The molecular formula is C14H14N2. The topological polar surface area (TPSA) is 36.2 Å². The van der Waals surface area contributed by atoms with Gasteiger partial charge in [0, 0.05) is 0 Å². The summed E-state index contributed by atoms with van der Waals surface area (Å²) in [6.45, 7) is 3.96. The maximum absolute atomic E-state index is 7.92. The van der Waals surface area contributed by atoms with Crippen LogP contribution in [0.1, 0.15) is 12.5 Å². The lowest BCUT2D eigenvalue weighted by Gasteiger charge is -2.09. The van der Waals surface area contributed by atoms with Crippen LogP contribution < -0.4 is 0 Å². The van der Waals surface area contributed by atoms with Gasteiger partial charge in [-0.1, -0.05) is 30.4 Å². The molecule has 1 aliphatic carbocycles. The van der Waals surface area contributed by atoms with E-state index in [4.69, 9.17) is 5.41 Å². The van der Waals surface area contributed by atoms with E-state index in [-0.39, 0.29) is 0 Å². The zero-order valence-electron chi connectivity index (χ0n) is 9.49. The molecule has 0 radical (unpaired) electrons. The molecule has 80 valence electrons. The molecule has 0 unspecified atom stereocenters. The molecule has 1 aromatic rings. The number of hydrogen-bond donors (Lipinski definition) is 1. The molecule has 0 aromatic heterocycles. The molecular weight excluding hydrogens is 196 g/mol. The van der Waals surface area contributed by atoms with E-state index in [1.807, 2.05) is 56.3 Å². The van der Waals surface area contributed by atoms with Gasteiger partial charge in [0.2, 0.25) is 0 Å². The van der Waals surface area contributed by atoms with Crippen molar-refractivity contribution < 1.29 is 0 Å². The summed E-state index contributed by atoms with van der Waals surface area (Å²) in [5.41, 5.74) is 4.25. The van der Waals surface area contributed by atoms with Crippen LogP contribution in [0.25, 0.3) is 0 Å². The van der Waals surface area contributed by atoms with E-state index >= 15 is 0 Å². The summed E-state index contributed by atoms with van der Waals surface area (Å²) in [5, 5.41) is 7.92. The van der Waals surface area contributed by atoms with Crippen LogP contribution in [-0.4, -0.2) is 11.4 Å². The summed E-state index contributed by atoms with van der Waals surface area (Å²) >= 11 is 0. The number of aliphatic imine (C=N–C) groups is 1. The number of rotatable bonds is 1. The number of aryl methyl sites for hydroxylation is 1. The first kappa shape index (κ1) is 10.6. The fourth-order valence-corrected chi connectivity index (χ4v) is 1.56. The van der Waals surface area contributed by atoms with Gasteiger partial charge >= 0.3 is 0 Å². The maximum atomic E-state index is 7.92. The van der Waals surface area contributed by atoms with E-state index in [0.29, 0.717) is 5.71 Å². The molecule has 0 atom stereocenters. The summed E-state index contributed by atoms with van der Waals surface area (Å²) in [5.74, 6) is 0. The third-order valence-electron chi connectivity index (χ3n) is 2.61. The standard InChI is InChI=1S/C14H14N2/c1-10-6-3-4-8-12(10)16-13-9-5-7-11(2)14(13)15/h3-9,15H,1-2H3. The van der Waals surface area contributed by atoms with Crippen molar-refractivity contribution >= 4 is 17.1 Å². The Balaban J connectivity index is 2.40. The van der Waals surface area contributed by atoms with Crippen LogP contribution in [0.15, 0.2) is 53.1 Å². The van der Waals surface area contributed by atoms with Crippen molar-refractivity contribution in [1.29, 1.82) is 5.41 Å². The van der Waals surface area contributed by atoms with Gasteiger partial charge in [0.25, 0.3) is 0 Å². The molecule has 1 aliphatic rings. The van der Waals surface area contributed by atoms with Gasteiger partial charge in [-0.2, -0.15) is 0 Å². The van der Waals surface area contributed by atoms with Gasteiger partial charge in [0.15, 0.2) is 0 Å². The Morgan fingerprint density at radius 3 is 2.62 bits per heavy atom. The minimum Gasteiger partial charge on any atom is -0.298 e. The third-order valence-corrected chi connectivity index (χ3v) is 2.61. The molecule has 16 heavy (non-hydrogen) atoms. The molecule has 0 saturated carbocycles. The van der Waals surface area contributed by atoms with E-state index < -0.39 is 0 Å². The fraction of sp³-hybridized carbons (Fsp3) is 0.143. The second kappa shape index (κ2) is 4.27. The first-order chi connectivity index (χ1) is 7.68. The lowest BCUT2D eigenvalue weighted by molar-refractivity contribution is 1.39. The highest BCUT2D eigenvalue weighted by molar-refractivity contribution is 6.51. The predicted molar refractivity (Wildman–Crippen MR) is 68.9 cm³/mol. The lowest BCUT2D eigenvalue weighted by atomic mass is 10.0. The second-order valence-electron chi connectivity index (χ2n) is 3.87. The monoisotopic (exact) mass is 210 g/mol. The Morgan fingerprint density at radius 2 is 1.88 bits per heavy atom. The Labute approximate surface area is 95.5 Å². The summed E-state index contributed by atoms with van der Waals surface area (Å²) < 4.78 is 0. The molecule has 0 heterocycles. The first-order valence-electron chi connectivity index (χ1n) is 5.27. The van der Waals surface area contributed by atoms with E-state index in [2.05, 4.69) is 4.99 Å². The van der Waals surface area contributed by atoms with E-state index in [9.17, 15) is 0 Å². The lowest BCUT2D eigenvalue weighted by Crippen LogP contribution is -2.13. The van der Waals surface area contributed by atoms with E-state index in [1.165, 1.54) is 0 Å². The smallest absolute Gasteiger partial charge is 0.0889 e. The van der Waals surface area contributed by atoms with Gasteiger partial charge < -0.3 is 0 Å². The summed E-state index contributed by atoms with van der Waals surface area (Å²) in [6.07, 6.45) is 5.74.